The van der Waals surface area contributed by atoms with Crippen molar-refractivity contribution in [3.05, 3.63) is 35.6 Å². The van der Waals surface area contributed by atoms with E-state index in [2.05, 4.69) is 12.1 Å². The van der Waals surface area contributed by atoms with Crippen molar-refractivity contribution in [1.29, 1.82) is 0 Å². The molecule has 1 aromatic carbocycles. The molecule has 0 spiro atoms. The zero-order chi connectivity index (χ0) is 10.4. The predicted octanol–water partition coefficient (Wildman–Crippen LogP) is 3.33. The molecule has 2 heteroatoms. The molecule has 2 N–H and O–H groups in total. The number of hydrogen-bond donors (Lipinski definition) is 1. The molecule has 0 amide bonds. The molecule has 1 aromatic heterocycles. The Morgan fingerprint density at radius 1 is 1.33 bits per heavy atom. The van der Waals surface area contributed by atoms with Crippen molar-refractivity contribution in [1.82, 2.24) is 0 Å². The molecule has 1 unspecified atom stereocenters. The highest BCUT2D eigenvalue weighted by atomic mass is 16.3. The SMILES string of the molecule is CC(N)c1ccc2oc(C3CC3)cc2c1. The normalized spacial score (nSPS) is 18.3. The summed E-state index contributed by atoms with van der Waals surface area (Å²) in [5.74, 6) is 1.82. The first kappa shape index (κ1) is 8.98. The number of fused-ring (bicyclic) bond motifs is 1. The van der Waals surface area contributed by atoms with Crippen molar-refractivity contribution in [2.45, 2.75) is 31.7 Å². The Labute approximate surface area is 89.1 Å². The second kappa shape index (κ2) is 3.11. The van der Waals surface area contributed by atoms with Crippen LogP contribution in [0.3, 0.4) is 0 Å². The number of benzene rings is 1. The monoisotopic (exact) mass is 201 g/mol. The number of hydrogen-bond acceptors (Lipinski definition) is 2. The third kappa shape index (κ3) is 1.55. The topological polar surface area (TPSA) is 39.2 Å². The standard InChI is InChI=1S/C13H15NO/c1-8(14)10-4-5-12-11(6-10)7-13(15-12)9-2-3-9/h4-9H,2-3,14H2,1H3. The van der Waals surface area contributed by atoms with Crippen LogP contribution in [-0.4, -0.2) is 0 Å². The van der Waals surface area contributed by atoms with E-state index in [-0.39, 0.29) is 6.04 Å². The zero-order valence-electron chi connectivity index (χ0n) is 8.86. The average Bonchev–Trinajstić information content (AvgIpc) is 2.97. The van der Waals surface area contributed by atoms with E-state index in [1.54, 1.807) is 0 Å². The average molecular weight is 201 g/mol. The smallest absolute Gasteiger partial charge is 0.134 e. The van der Waals surface area contributed by atoms with E-state index >= 15 is 0 Å². The van der Waals surface area contributed by atoms with Crippen LogP contribution in [0, 0.1) is 0 Å². The van der Waals surface area contributed by atoms with Crippen LogP contribution in [0.2, 0.25) is 0 Å². The first-order valence-corrected chi connectivity index (χ1v) is 5.53. The minimum absolute atomic E-state index is 0.0914. The van der Waals surface area contributed by atoms with Gasteiger partial charge in [-0.1, -0.05) is 6.07 Å². The lowest BCUT2D eigenvalue weighted by Crippen LogP contribution is -2.03. The number of nitrogens with two attached hydrogens (primary N) is 1. The van der Waals surface area contributed by atoms with Gasteiger partial charge >= 0.3 is 0 Å². The molecule has 2 nitrogen and oxygen atoms in total. The Morgan fingerprint density at radius 3 is 2.80 bits per heavy atom. The molecule has 1 atom stereocenters. The Balaban J connectivity index is 2.09. The maximum Gasteiger partial charge on any atom is 0.134 e. The molecule has 1 aliphatic rings. The van der Waals surface area contributed by atoms with Gasteiger partial charge < -0.3 is 10.2 Å². The van der Waals surface area contributed by atoms with Crippen LogP contribution < -0.4 is 5.73 Å². The van der Waals surface area contributed by atoms with E-state index in [1.165, 1.54) is 23.8 Å². The highest BCUT2D eigenvalue weighted by Gasteiger charge is 2.27. The van der Waals surface area contributed by atoms with Crippen LogP contribution in [0.1, 0.15) is 43.0 Å². The molecule has 0 radical (unpaired) electrons. The van der Waals surface area contributed by atoms with Crippen LogP contribution >= 0.6 is 0 Å². The summed E-state index contributed by atoms with van der Waals surface area (Å²) in [7, 11) is 0. The van der Waals surface area contributed by atoms with Crippen LogP contribution in [0.5, 0.6) is 0 Å². The molecule has 1 aliphatic carbocycles. The van der Waals surface area contributed by atoms with Crippen LogP contribution in [0.25, 0.3) is 11.0 Å². The lowest BCUT2D eigenvalue weighted by molar-refractivity contribution is 0.552. The minimum Gasteiger partial charge on any atom is -0.461 e. The van der Waals surface area contributed by atoms with E-state index in [0.29, 0.717) is 5.92 Å². The van der Waals surface area contributed by atoms with Gasteiger partial charge in [0.1, 0.15) is 11.3 Å². The summed E-state index contributed by atoms with van der Waals surface area (Å²) in [4.78, 5) is 0. The van der Waals surface area contributed by atoms with Gasteiger partial charge in [-0.25, -0.2) is 0 Å². The molecule has 0 saturated heterocycles. The summed E-state index contributed by atoms with van der Waals surface area (Å²) in [6.07, 6.45) is 2.56. The van der Waals surface area contributed by atoms with E-state index in [4.69, 9.17) is 10.2 Å². The predicted molar refractivity (Wildman–Crippen MR) is 60.8 cm³/mol. The molecule has 1 fully saturated rings. The van der Waals surface area contributed by atoms with Gasteiger partial charge in [0, 0.05) is 17.3 Å². The van der Waals surface area contributed by atoms with Crippen molar-refractivity contribution in [2.75, 3.05) is 0 Å². The Kier molecular flexibility index (Phi) is 1.86. The molecule has 3 rings (SSSR count). The molecule has 15 heavy (non-hydrogen) atoms. The summed E-state index contributed by atoms with van der Waals surface area (Å²) in [5, 5.41) is 1.19. The van der Waals surface area contributed by atoms with Crippen LogP contribution in [0.15, 0.2) is 28.7 Å². The van der Waals surface area contributed by atoms with Crippen molar-refractivity contribution >= 4 is 11.0 Å². The summed E-state index contributed by atoms with van der Waals surface area (Å²) in [6, 6.07) is 8.47. The molecule has 2 aromatic rings. The fraction of sp³-hybridized carbons (Fsp3) is 0.385. The zero-order valence-corrected chi connectivity index (χ0v) is 8.86. The third-order valence-corrected chi connectivity index (χ3v) is 3.06. The minimum atomic E-state index is 0.0914. The summed E-state index contributed by atoms with van der Waals surface area (Å²) in [5.41, 5.74) is 8.01. The van der Waals surface area contributed by atoms with Crippen molar-refractivity contribution in [2.24, 2.45) is 5.73 Å². The lowest BCUT2D eigenvalue weighted by atomic mass is 10.1. The molecule has 1 heterocycles. The molecular weight excluding hydrogens is 186 g/mol. The summed E-state index contributed by atoms with van der Waals surface area (Å²) < 4.78 is 5.79. The van der Waals surface area contributed by atoms with E-state index in [0.717, 1.165) is 11.3 Å². The molecular formula is C13H15NO. The van der Waals surface area contributed by atoms with E-state index in [1.807, 2.05) is 19.1 Å². The van der Waals surface area contributed by atoms with Gasteiger partial charge in [-0.3, -0.25) is 0 Å². The van der Waals surface area contributed by atoms with Crippen molar-refractivity contribution in [3.63, 3.8) is 0 Å². The molecule has 78 valence electrons. The molecule has 1 saturated carbocycles. The van der Waals surface area contributed by atoms with Gasteiger partial charge in [-0.2, -0.15) is 0 Å². The number of rotatable bonds is 2. The molecule has 0 aliphatic heterocycles. The van der Waals surface area contributed by atoms with Crippen molar-refractivity contribution < 1.29 is 4.42 Å². The van der Waals surface area contributed by atoms with Gasteiger partial charge in [0.2, 0.25) is 0 Å². The van der Waals surface area contributed by atoms with Crippen LogP contribution in [-0.2, 0) is 0 Å². The second-order valence-corrected chi connectivity index (χ2v) is 4.51. The first-order valence-electron chi connectivity index (χ1n) is 5.53. The third-order valence-electron chi connectivity index (χ3n) is 3.06. The number of furan rings is 1. The van der Waals surface area contributed by atoms with Crippen LogP contribution in [0.4, 0.5) is 0 Å². The quantitative estimate of drug-likeness (QED) is 0.809. The van der Waals surface area contributed by atoms with Gasteiger partial charge in [0.05, 0.1) is 0 Å². The maximum absolute atomic E-state index is 5.85. The summed E-state index contributed by atoms with van der Waals surface area (Å²) in [6.45, 7) is 2.00. The van der Waals surface area contributed by atoms with E-state index < -0.39 is 0 Å². The Bertz CT molecular complexity index is 494. The van der Waals surface area contributed by atoms with Gasteiger partial charge in [-0.05, 0) is 43.5 Å². The fourth-order valence-corrected chi connectivity index (χ4v) is 1.93. The van der Waals surface area contributed by atoms with Gasteiger partial charge in [0.25, 0.3) is 0 Å². The lowest BCUT2D eigenvalue weighted by Gasteiger charge is -2.03. The Hall–Kier alpha value is -1.28. The maximum atomic E-state index is 5.85. The summed E-state index contributed by atoms with van der Waals surface area (Å²) >= 11 is 0. The molecule has 0 bridgehead atoms. The first-order chi connectivity index (χ1) is 7.24. The van der Waals surface area contributed by atoms with E-state index in [9.17, 15) is 0 Å². The largest absolute Gasteiger partial charge is 0.461 e. The van der Waals surface area contributed by atoms with Gasteiger partial charge in [-0.15, -0.1) is 0 Å². The van der Waals surface area contributed by atoms with Gasteiger partial charge in [0.15, 0.2) is 0 Å². The fourth-order valence-electron chi connectivity index (χ4n) is 1.93. The highest BCUT2D eigenvalue weighted by molar-refractivity contribution is 5.79. The Morgan fingerprint density at radius 2 is 2.13 bits per heavy atom. The second-order valence-electron chi connectivity index (χ2n) is 4.51. The highest BCUT2D eigenvalue weighted by Crippen LogP contribution is 2.42. The van der Waals surface area contributed by atoms with Crippen molar-refractivity contribution in [3.8, 4) is 0 Å².